The summed E-state index contributed by atoms with van der Waals surface area (Å²) in [5.41, 5.74) is 6.70. The van der Waals surface area contributed by atoms with Crippen LogP contribution in [0.15, 0.2) is 57.0 Å². The van der Waals surface area contributed by atoms with E-state index in [2.05, 4.69) is 27.0 Å². The molecule has 0 spiro atoms. The Morgan fingerprint density at radius 2 is 2.12 bits per heavy atom. The van der Waals surface area contributed by atoms with E-state index < -0.39 is 0 Å². The number of hydrogen-bond donors (Lipinski definition) is 1. The van der Waals surface area contributed by atoms with Crippen molar-refractivity contribution in [2.45, 2.75) is 16.5 Å². The van der Waals surface area contributed by atoms with Gasteiger partial charge in [-0.3, -0.25) is 0 Å². The molecule has 1 aromatic carbocycles. The predicted octanol–water partition coefficient (Wildman–Crippen LogP) is 3.45. The van der Waals surface area contributed by atoms with Crippen molar-refractivity contribution in [2.24, 2.45) is 5.73 Å². The van der Waals surface area contributed by atoms with Crippen LogP contribution in [0.4, 0.5) is 0 Å². The van der Waals surface area contributed by atoms with Crippen molar-refractivity contribution in [3.8, 4) is 0 Å². The van der Waals surface area contributed by atoms with E-state index >= 15 is 0 Å². The number of nitrogens with two attached hydrogens (primary N) is 1. The fourth-order valence-corrected chi connectivity index (χ4v) is 2.72. The van der Waals surface area contributed by atoms with Crippen LogP contribution in [0.3, 0.4) is 0 Å². The Hall–Kier alpha value is -0.840. The third-order valence-electron chi connectivity index (χ3n) is 2.08. The smallest absolute Gasteiger partial charge is 0.101 e. The lowest BCUT2D eigenvalue weighted by Gasteiger charge is -2.05. The van der Waals surface area contributed by atoms with Gasteiger partial charge in [0, 0.05) is 22.1 Å². The fourth-order valence-electron chi connectivity index (χ4n) is 1.27. The molecule has 82 valence electrons. The number of pyridine rings is 1. The van der Waals surface area contributed by atoms with Crippen molar-refractivity contribution in [1.29, 1.82) is 0 Å². The molecular weight excluding hydrogens is 284 g/mol. The molecule has 16 heavy (non-hydrogen) atoms. The lowest BCUT2D eigenvalue weighted by Crippen LogP contribution is -1.95. The number of halogens is 1. The van der Waals surface area contributed by atoms with Crippen molar-refractivity contribution in [1.82, 2.24) is 4.98 Å². The largest absolute Gasteiger partial charge is 0.326 e. The second-order valence-corrected chi connectivity index (χ2v) is 5.16. The highest BCUT2D eigenvalue weighted by Gasteiger charge is 2.03. The molecule has 0 bridgehead atoms. The molecule has 0 radical (unpaired) electrons. The molecule has 0 saturated heterocycles. The zero-order valence-corrected chi connectivity index (χ0v) is 11.0. The molecule has 0 aliphatic carbocycles. The van der Waals surface area contributed by atoms with E-state index in [-0.39, 0.29) is 0 Å². The van der Waals surface area contributed by atoms with Crippen LogP contribution in [-0.2, 0) is 6.54 Å². The van der Waals surface area contributed by atoms with E-state index in [1.54, 1.807) is 18.0 Å². The van der Waals surface area contributed by atoms with Gasteiger partial charge in [-0.2, -0.15) is 0 Å². The lowest BCUT2D eigenvalue weighted by atomic mass is 10.2. The van der Waals surface area contributed by atoms with Gasteiger partial charge >= 0.3 is 0 Å². The van der Waals surface area contributed by atoms with Gasteiger partial charge in [0.25, 0.3) is 0 Å². The van der Waals surface area contributed by atoms with Gasteiger partial charge in [0.1, 0.15) is 5.03 Å². The molecule has 0 unspecified atom stereocenters. The van der Waals surface area contributed by atoms with Crippen molar-refractivity contribution in [2.75, 3.05) is 0 Å². The molecule has 0 fully saturated rings. The summed E-state index contributed by atoms with van der Waals surface area (Å²) in [5.74, 6) is 0. The first-order chi connectivity index (χ1) is 7.79. The molecule has 0 amide bonds. The van der Waals surface area contributed by atoms with Crippen LogP contribution in [-0.4, -0.2) is 4.98 Å². The van der Waals surface area contributed by atoms with Crippen LogP contribution in [0, 0.1) is 0 Å². The molecule has 0 saturated carbocycles. The maximum Gasteiger partial charge on any atom is 0.101 e. The van der Waals surface area contributed by atoms with E-state index in [4.69, 9.17) is 5.73 Å². The van der Waals surface area contributed by atoms with Crippen LogP contribution < -0.4 is 5.73 Å². The molecule has 0 atom stereocenters. The van der Waals surface area contributed by atoms with E-state index in [0.717, 1.165) is 20.0 Å². The SMILES string of the molecule is NCc1ccc(Sc2ccccn2)c(Br)c1. The molecule has 0 aliphatic rings. The van der Waals surface area contributed by atoms with Crippen molar-refractivity contribution in [3.05, 3.63) is 52.6 Å². The highest BCUT2D eigenvalue weighted by molar-refractivity contribution is 9.10. The standard InChI is InChI=1S/C12H11BrN2S/c13-10-7-9(8-14)4-5-11(10)16-12-3-1-2-6-15-12/h1-7H,8,14H2. The van der Waals surface area contributed by atoms with Crippen LogP contribution in [0.5, 0.6) is 0 Å². The van der Waals surface area contributed by atoms with E-state index in [1.165, 1.54) is 0 Å². The van der Waals surface area contributed by atoms with Crippen LogP contribution >= 0.6 is 27.7 Å². The zero-order valence-electron chi connectivity index (χ0n) is 8.56. The van der Waals surface area contributed by atoms with Gasteiger partial charge < -0.3 is 5.73 Å². The fraction of sp³-hybridized carbons (Fsp3) is 0.0833. The summed E-state index contributed by atoms with van der Waals surface area (Å²) in [4.78, 5) is 5.42. The second kappa shape index (κ2) is 5.48. The first-order valence-electron chi connectivity index (χ1n) is 4.87. The van der Waals surface area contributed by atoms with Crippen molar-refractivity contribution >= 4 is 27.7 Å². The van der Waals surface area contributed by atoms with Gasteiger partial charge in [-0.25, -0.2) is 4.98 Å². The number of aromatic nitrogens is 1. The Morgan fingerprint density at radius 3 is 2.75 bits per heavy atom. The summed E-state index contributed by atoms with van der Waals surface area (Å²) in [6.45, 7) is 0.563. The molecule has 2 rings (SSSR count). The summed E-state index contributed by atoms with van der Waals surface area (Å²) >= 11 is 5.18. The first-order valence-corrected chi connectivity index (χ1v) is 6.48. The molecular formula is C12H11BrN2S. The maximum atomic E-state index is 5.58. The zero-order chi connectivity index (χ0) is 11.4. The van der Waals surface area contributed by atoms with Gasteiger partial charge in [-0.15, -0.1) is 0 Å². The highest BCUT2D eigenvalue weighted by atomic mass is 79.9. The van der Waals surface area contributed by atoms with Gasteiger partial charge in [0.15, 0.2) is 0 Å². The van der Waals surface area contributed by atoms with Crippen molar-refractivity contribution in [3.63, 3.8) is 0 Å². The summed E-state index contributed by atoms with van der Waals surface area (Å²) in [5, 5.41) is 0.990. The monoisotopic (exact) mass is 294 g/mol. The molecule has 2 nitrogen and oxygen atoms in total. The van der Waals surface area contributed by atoms with E-state index in [1.807, 2.05) is 30.3 Å². The van der Waals surface area contributed by atoms with Gasteiger partial charge in [-0.05, 0) is 45.8 Å². The van der Waals surface area contributed by atoms with Crippen LogP contribution in [0.1, 0.15) is 5.56 Å². The summed E-state index contributed by atoms with van der Waals surface area (Å²) < 4.78 is 1.06. The second-order valence-electron chi connectivity index (χ2n) is 3.24. The van der Waals surface area contributed by atoms with Crippen LogP contribution in [0.2, 0.25) is 0 Å². The van der Waals surface area contributed by atoms with E-state index in [9.17, 15) is 0 Å². The number of hydrogen-bond acceptors (Lipinski definition) is 3. The maximum absolute atomic E-state index is 5.58. The molecule has 4 heteroatoms. The number of rotatable bonds is 3. The Balaban J connectivity index is 2.22. The topological polar surface area (TPSA) is 38.9 Å². The predicted molar refractivity (Wildman–Crippen MR) is 70.4 cm³/mol. The third-order valence-corrected chi connectivity index (χ3v) is 4.03. The van der Waals surface area contributed by atoms with Crippen LogP contribution in [0.25, 0.3) is 0 Å². The summed E-state index contributed by atoms with van der Waals surface area (Å²) in [6, 6.07) is 12.0. The highest BCUT2D eigenvalue weighted by Crippen LogP contribution is 2.32. The minimum absolute atomic E-state index is 0.563. The number of nitrogens with zero attached hydrogens (tertiary/aromatic N) is 1. The van der Waals surface area contributed by atoms with E-state index in [0.29, 0.717) is 6.54 Å². The summed E-state index contributed by atoms with van der Waals surface area (Å²) in [7, 11) is 0. The van der Waals surface area contributed by atoms with Crippen molar-refractivity contribution < 1.29 is 0 Å². The molecule has 1 aromatic heterocycles. The Labute approximate surface area is 107 Å². The average Bonchev–Trinajstić information content (AvgIpc) is 2.33. The third kappa shape index (κ3) is 2.84. The molecule has 2 aromatic rings. The first kappa shape index (κ1) is 11.6. The average molecular weight is 295 g/mol. The van der Waals surface area contributed by atoms with Gasteiger partial charge in [0.2, 0.25) is 0 Å². The quantitative estimate of drug-likeness (QED) is 0.942. The molecule has 2 N–H and O–H groups in total. The number of benzene rings is 1. The van der Waals surface area contributed by atoms with Gasteiger partial charge in [-0.1, -0.05) is 23.9 Å². The molecule has 1 heterocycles. The minimum Gasteiger partial charge on any atom is -0.326 e. The lowest BCUT2D eigenvalue weighted by molar-refractivity contribution is 1.06. The Kier molecular flexibility index (Phi) is 3.98. The summed E-state index contributed by atoms with van der Waals surface area (Å²) in [6.07, 6.45) is 1.80. The van der Waals surface area contributed by atoms with Gasteiger partial charge in [0.05, 0.1) is 0 Å². The normalized spacial score (nSPS) is 10.4. The minimum atomic E-state index is 0.563. The Bertz CT molecular complexity index is 474. The Morgan fingerprint density at radius 1 is 1.25 bits per heavy atom. The molecule has 0 aliphatic heterocycles.